The fourth-order valence-electron chi connectivity index (χ4n) is 1.28. The van der Waals surface area contributed by atoms with Crippen LogP contribution in [0.1, 0.15) is 0 Å². The quantitative estimate of drug-likeness (QED) is 0.657. The standard InChI is InChI=1S/C10H13N3O.ClH/c11-8-1-3-9(4-2-8)13-10(14)7-5-12-6-7;/h1-4,7,12H,5-6,11H2,(H,13,14);1H. The first-order valence-corrected chi connectivity index (χ1v) is 4.63. The molecule has 1 fully saturated rings. The van der Waals surface area contributed by atoms with Crippen LogP contribution in [0.3, 0.4) is 0 Å². The first kappa shape index (κ1) is 11.8. The number of carbonyl (C=O) groups is 1. The second-order valence-corrected chi connectivity index (χ2v) is 3.47. The lowest BCUT2D eigenvalue weighted by Crippen LogP contribution is -2.48. The summed E-state index contributed by atoms with van der Waals surface area (Å²) in [6.45, 7) is 1.56. The lowest BCUT2D eigenvalue weighted by molar-refractivity contribution is -0.121. The molecule has 1 amide bonds. The van der Waals surface area contributed by atoms with Crippen molar-refractivity contribution in [2.45, 2.75) is 0 Å². The zero-order valence-corrected chi connectivity index (χ0v) is 9.01. The molecule has 1 saturated heterocycles. The molecule has 0 aliphatic carbocycles. The molecule has 2 rings (SSSR count). The summed E-state index contributed by atoms with van der Waals surface area (Å²) in [5.74, 6) is 0.195. The third kappa shape index (κ3) is 2.84. The van der Waals surface area contributed by atoms with Gasteiger partial charge in [0.05, 0.1) is 5.92 Å². The third-order valence-electron chi connectivity index (χ3n) is 2.33. The van der Waals surface area contributed by atoms with Gasteiger partial charge in [0, 0.05) is 24.5 Å². The minimum atomic E-state index is 0. The molecule has 1 heterocycles. The van der Waals surface area contributed by atoms with Gasteiger partial charge in [-0.1, -0.05) is 0 Å². The number of nitrogen functional groups attached to an aromatic ring is 1. The van der Waals surface area contributed by atoms with E-state index < -0.39 is 0 Å². The average molecular weight is 228 g/mol. The topological polar surface area (TPSA) is 67.1 Å². The van der Waals surface area contributed by atoms with E-state index in [4.69, 9.17) is 5.73 Å². The van der Waals surface area contributed by atoms with Crippen LogP contribution in [0.25, 0.3) is 0 Å². The molecule has 0 bridgehead atoms. The van der Waals surface area contributed by atoms with Gasteiger partial charge in [-0.2, -0.15) is 0 Å². The monoisotopic (exact) mass is 227 g/mol. The Balaban J connectivity index is 0.00000112. The van der Waals surface area contributed by atoms with Crippen LogP contribution in [0, 0.1) is 5.92 Å². The smallest absolute Gasteiger partial charge is 0.230 e. The number of benzene rings is 1. The Morgan fingerprint density at radius 2 is 1.93 bits per heavy atom. The average Bonchev–Trinajstić information content (AvgIpc) is 2.06. The molecule has 1 aromatic carbocycles. The van der Waals surface area contributed by atoms with Gasteiger partial charge in [-0.25, -0.2) is 0 Å². The molecule has 0 radical (unpaired) electrons. The normalized spacial score (nSPS) is 14.9. The van der Waals surface area contributed by atoms with E-state index in [1.807, 2.05) is 0 Å². The molecular formula is C10H14ClN3O. The first-order valence-electron chi connectivity index (χ1n) is 4.63. The molecule has 0 spiro atoms. The van der Waals surface area contributed by atoms with E-state index >= 15 is 0 Å². The van der Waals surface area contributed by atoms with Crippen LogP contribution in [0.2, 0.25) is 0 Å². The van der Waals surface area contributed by atoms with E-state index in [9.17, 15) is 4.79 Å². The summed E-state index contributed by atoms with van der Waals surface area (Å²) in [5.41, 5.74) is 7.04. The van der Waals surface area contributed by atoms with Crippen molar-refractivity contribution in [2.24, 2.45) is 5.92 Å². The Hall–Kier alpha value is -1.26. The van der Waals surface area contributed by atoms with E-state index in [0.29, 0.717) is 5.69 Å². The second kappa shape index (κ2) is 5.00. The van der Waals surface area contributed by atoms with Gasteiger partial charge in [-0.15, -0.1) is 12.4 Å². The highest BCUT2D eigenvalue weighted by atomic mass is 35.5. The minimum absolute atomic E-state index is 0. The SMILES string of the molecule is Cl.Nc1ccc(NC(=O)C2CNC2)cc1. The van der Waals surface area contributed by atoms with Crippen molar-refractivity contribution in [2.75, 3.05) is 24.1 Å². The molecular weight excluding hydrogens is 214 g/mol. The number of hydrogen-bond acceptors (Lipinski definition) is 3. The Labute approximate surface area is 94.6 Å². The molecule has 1 aliphatic heterocycles. The molecule has 82 valence electrons. The summed E-state index contributed by atoms with van der Waals surface area (Å²) in [6.07, 6.45) is 0. The number of anilines is 2. The van der Waals surface area contributed by atoms with Crippen LogP contribution in [0.4, 0.5) is 11.4 Å². The minimum Gasteiger partial charge on any atom is -0.399 e. The summed E-state index contributed by atoms with van der Waals surface area (Å²) in [7, 11) is 0. The number of amides is 1. The van der Waals surface area contributed by atoms with Gasteiger partial charge >= 0.3 is 0 Å². The van der Waals surface area contributed by atoms with Crippen LogP contribution in [-0.2, 0) is 4.79 Å². The van der Waals surface area contributed by atoms with Gasteiger partial charge in [0.25, 0.3) is 0 Å². The fourth-order valence-corrected chi connectivity index (χ4v) is 1.28. The molecule has 1 aromatic rings. The predicted molar refractivity (Wildman–Crippen MR) is 63.1 cm³/mol. The van der Waals surface area contributed by atoms with Crippen molar-refractivity contribution in [1.29, 1.82) is 0 Å². The van der Waals surface area contributed by atoms with Crippen LogP contribution in [0.5, 0.6) is 0 Å². The number of carbonyl (C=O) groups excluding carboxylic acids is 1. The lowest BCUT2D eigenvalue weighted by atomic mass is 10.0. The largest absolute Gasteiger partial charge is 0.399 e. The van der Waals surface area contributed by atoms with Gasteiger partial charge < -0.3 is 16.4 Å². The van der Waals surface area contributed by atoms with E-state index in [1.165, 1.54) is 0 Å². The third-order valence-corrected chi connectivity index (χ3v) is 2.33. The van der Waals surface area contributed by atoms with Gasteiger partial charge in [0.15, 0.2) is 0 Å². The van der Waals surface area contributed by atoms with Crippen molar-refractivity contribution >= 4 is 29.7 Å². The summed E-state index contributed by atoms with van der Waals surface area (Å²) in [6, 6.07) is 7.15. The van der Waals surface area contributed by atoms with E-state index in [-0.39, 0.29) is 24.2 Å². The van der Waals surface area contributed by atoms with Crippen molar-refractivity contribution in [3.63, 3.8) is 0 Å². The van der Waals surface area contributed by atoms with Crippen LogP contribution < -0.4 is 16.4 Å². The molecule has 0 aromatic heterocycles. The highest BCUT2D eigenvalue weighted by Gasteiger charge is 2.24. The Morgan fingerprint density at radius 3 is 2.40 bits per heavy atom. The van der Waals surface area contributed by atoms with Crippen molar-refractivity contribution in [1.82, 2.24) is 5.32 Å². The number of nitrogens with two attached hydrogens (primary N) is 1. The summed E-state index contributed by atoms with van der Waals surface area (Å²) < 4.78 is 0. The van der Waals surface area contributed by atoms with Gasteiger partial charge in [0.1, 0.15) is 0 Å². The number of hydrogen-bond donors (Lipinski definition) is 3. The zero-order valence-electron chi connectivity index (χ0n) is 8.19. The zero-order chi connectivity index (χ0) is 9.97. The molecule has 1 aliphatic rings. The maximum Gasteiger partial charge on any atom is 0.230 e. The molecule has 0 unspecified atom stereocenters. The molecule has 4 N–H and O–H groups in total. The van der Waals surface area contributed by atoms with Gasteiger partial charge in [0.2, 0.25) is 5.91 Å². The maximum atomic E-state index is 11.5. The highest BCUT2D eigenvalue weighted by Crippen LogP contribution is 2.13. The van der Waals surface area contributed by atoms with Gasteiger partial charge in [-0.3, -0.25) is 4.79 Å². The first-order chi connectivity index (χ1) is 6.75. The lowest BCUT2D eigenvalue weighted by Gasteiger charge is -2.25. The van der Waals surface area contributed by atoms with Crippen LogP contribution in [0.15, 0.2) is 24.3 Å². The Morgan fingerprint density at radius 1 is 1.33 bits per heavy atom. The summed E-state index contributed by atoms with van der Waals surface area (Å²) in [4.78, 5) is 11.5. The van der Waals surface area contributed by atoms with Crippen LogP contribution >= 0.6 is 12.4 Å². The fraction of sp³-hybridized carbons (Fsp3) is 0.300. The van der Waals surface area contributed by atoms with E-state index in [1.54, 1.807) is 24.3 Å². The van der Waals surface area contributed by atoms with E-state index in [0.717, 1.165) is 18.8 Å². The van der Waals surface area contributed by atoms with E-state index in [2.05, 4.69) is 10.6 Å². The molecule has 4 nitrogen and oxygen atoms in total. The Bertz CT molecular complexity index is 335. The van der Waals surface area contributed by atoms with Crippen molar-refractivity contribution in [3.05, 3.63) is 24.3 Å². The molecule has 0 saturated carbocycles. The van der Waals surface area contributed by atoms with Crippen molar-refractivity contribution in [3.8, 4) is 0 Å². The number of rotatable bonds is 2. The summed E-state index contributed by atoms with van der Waals surface area (Å²) >= 11 is 0. The predicted octanol–water partition coefficient (Wildman–Crippen LogP) is 0.848. The highest BCUT2D eigenvalue weighted by molar-refractivity contribution is 5.93. The second-order valence-electron chi connectivity index (χ2n) is 3.47. The van der Waals surface area contributed by atoms with Crippen LogP contribution in [-0.4, -0.2) is 19.0 Å². The molecule has 15 heavy (non-hydrogen) atoms. The van der Waals surface area contributed by atoms with Gasteiger partial charge in [-0.05, 0) is 24.3 Å². The molecule has 0 atom stereocenters. The molecule has 5 heteroatoms. The number of halogens is 1. The maximum absolute atomic E-state index is 11.5. The summed E-state index contributed by atoms with van der Waals surface area (Å²) in [5, 5.41) is 5.89. The van der Waals surface area contributed by atoms with Crippen molar-refractivity contribution < 1.29 is 4.79 Å². The number of nitrogens with one attached hydrogen (secondary N) is 2. The Kier molecular flexibility index (Phi) is 3.94.